The summed E-state index contributed by atoms with van der Waals surface area (Å²) in [7, 11) is 0. The van der Waals surface area contributed by atoms with Crippen LogP contribution >= 0.6 is 35.4 Å². The largest absolute Gasteiger partial charge is 0.374 e. The fourth-order valence-corrected chi connectivity index (χ4v) is 3.08. The number of hydrogen-bond donors (Lipinski definition) is 2. The van der Waals surface area contributed by atoms with Gasteiger partial charge < -0.3 is 5.73 Å². The van der Waals surface area contributed by atoms with Crippen molar-refractivity contribution in [1.29, 1.82) is 10.5 Å². The Bertz CT molecular complexity index is 936. The molecule has 122 valence electrons. The van der Waals surface area contributed by atoms with Gasteiger partial charge in [-0.05, 0) is 30.8 Å². The molecule has 0 amide bonds. The van der Waals surface area contributed by atoms with Gasteiger partial charge in [-0.2, -0.15) is 15.2 Å². The van der Waals surface area contributed by atoms with E-state index in [-0.39, 0.29) is 20.7 Å². The minimum absolute atomic E-state index is 0.171. The topological polar surface area (TPSA) is 111 Å². The SMILES string of the molecule is Cc1[nH]n(C(N)=S)c(=O)c1[C@H](c1cccc(Cl)c1Cl)C(C#N)C#N. The zero-order chi connectivity index (χ0) is 18.0. The van der Waals surface area contributed by atoms with Crippen LogP contribution in [0.15, 0.2) is 23.0 Å². The lowest BCUT2D eigenvalue weighted by atomic mass is 9.82. The predicted molar refractivity (Wildman–Crippen MR) is 95.0 cm³/mol. The third-order valence-corrected chi connectivity index (χ3v) is 4.59. The van der Waals surface area contributed by atoms with Gasteiger partial charge in [0.05, 0.1) is 22.2 Å². The van der Waals surface area contributed by atoms with E-state index in [1.54, 1.807) is 25.1 Å². The number of halogens is 2. The summed E-state index contributed by atoms with van der Waals surface area (Å²) in [5, 5.41) is 21.7. The minimum atomic E-state index is -1.15. The van der Waals surface area contributed by atoms with E-state index in [2.05, 4.69) is 5.10 Å². The number of nitrogens with two attached hydrogens (primary N) is 1. The molecule has 0 unspecified atom stereocenters. The second-order valence-electron chi connectivity index (χ2n) is 4.99. The molecule has 2 aromatic rings. The van der Waals surface area contributed by atoms with Crippen molar-refractivity contribution in [3.8, 4) is 12.1 Å². The van der Waals surface area contributed by atoms with E-state index < -0.39 is 17.4 Å². The second-order valence-corrected chi connectivity index (χ2v) is 6.19. The smallest absolute Gasteiger partial charge is 0.277 e. The van der Waals surface area contributed by atoms with Crippen molar-refractivity contribution in [3.63, 3.8) is 0 Å². The maximum absolute atomic E-state index is 12.6. The summed E-state index contributed by atoms with van der Waals surface area (Å²) in [5.74, 6) is -2.05. The van der Waals surface area contributed by atoms with Gasteiger partial charge in [-0.25, -0.2) is 0 Å². The molecule has 0 fully saturated rings. The van der Waals surface area contributed by atoms with Gasteiger partial charge in [-0.1, -0.05) is 35.3 Å². The van der Waals surface area contributed by atoms with Gasteiger partial charge in [-0.15, -0.1) is 0 Å². The van der Waals surface area contributed by atoms with Crippen molar-refractivity contribution in [3.05, 3.63) is 55.4 Å². The molecule has 6 nitrogen and oxygen atoms in total. The second kappa shape index (κ2) is 7.06. The van der Waals surface area contributed by atoms with Crippen molar-refractivity contribution in [2.24, 2.45) is 11.7 Å². The fourth-order valence-electron chi connectivity index (χ4n) is 2.52. The van der Waals surface area contributed by atoms with E-state index in [1.807, 2.05) is 12.1 Å². The number of nitrogens with one attached hydrogen (secondary N) is 1. The lowest BCUT2D eigenvalue weighted by Crippen LogP contribution is -2.32. The van der Waals surface area contributed by atoms with E-state index in [0.29, 0.717) is 11.3 Å². The summed E-state index contributed by atoms with van der Waals surface area (Å²) >= 11 is 17.1. The quantitative estimate of drug-likeness (QED) is 0.796. The molecule has 0 spiro atoms. The van der Waals surface area contributed by atoms with E-state index in [4.69, 9.17) is 41.2 Å². The standard InChI is InChI=1S/C15H11Cl2N5OS/c1-7-11(14(23)22(21-7)15(20)24)12(8(5-18)6-19)9-3-2-4-10(16)13(9)17/h2-4,8,12,21H,1H3,(H2,20,24)/t12-/m0/s1. The number of H-pyrrole nitrogens is 1. The molecular weight excluding hydrogens is 369 g/mol. The molecule has 0 saturated carbocycles. The molecule has 1 aromatic heterocycles. The van der Waals surface area contributed by atoms with E-state index in [0.717, 1.165) is 4.68 Å². The number of nitrogens with zero attached hydrogens (tertiary/aromatic N) is 3. The van der Waals surface area contributed by atoms with Crippen LogP contribution < -0.4 is 11.3 Å². The summed E-state index contributed by atoms with van der Waals surface area (Å²) in [6.07, 6.45) is 0. The molecule has 0 aliphatic heterocycles. The summed E-state index contributed by atoms with van der Waals surface area (Å²) in [5.41, 5.74) is 6.02. The highest BCUT2D eigenvalue weighted by Gasteiger charge is 2.33. The average Bonchev–Trinajstić information content (AvgIpc) is 2.83. The molecule has 0 radical (unpaired) electrons. The highest BCUT2D eigenvalue weighted by Crippen LogP contribution is 2.38. The first-order valence-corrected chi connectivity index (χ1v) is 7.84. The maximum Gasteiger partial charge on any atom is 0.277 e. The maximum atomic E-state index is 12.6. The first-order valence-electron chi connectivity index (χ1n) is 6.67. The molecule has 24 heavy (non-hydrogen) atoms. The van der Waals surface area contributed by atoms with Gasteiger partial charge in [0.25, 0.3) is 5.56 Å². The number of rotatable bonds is 3. The normalized spacial score (nSPS) is 11.8. The number of benzene rings is 1. The Balaban J connectivity index is 2.82. The highest BCUT2D eigenvalue weighted by atomic mass is 35.5. The number of thiocarbonyl (C=S) groups is 1. The summed E-state index contributed by atoms with van der Waals surface area (Å²) < 4.78 is 0.983. The van der Waals surface area contributed by atoms with Crippen LogP contribution in [0.5, 0.6) is 0 Å². The van der Waals surface area contributed by atoms with Crippen LogP contribution in [0.4, 0.5) is 0 Å². The molecule has 0 aliphatic carbocycles. The Morgan fingerprint density at radius 1 is 1.38 bits per heavy atom. The molecular formula is C15H11Cl2N5OS. The third kappa shape index (κ3) is 3.02. The van der Waals surface area contributed by atoms with Crippen LogP contribution in [-0.4, -0.2) is 14.9 Å². The Labute approximate surface area is 153 Å². The number of aryl methyl sites for hydroxylation is 1. The summed E-state index contributed by atoms with van der Waals surface area (Å²) in [6.45, 7) is 1.63. The van der Waals surface area contributed by atoms with Crippen molar-refractivity contribution < 1.29 is 0 Å². The monoisotopic (exact) mass is 379 g/mol. The van der Waals surface area contributed by atoms with Crippen LogP contribution in [0.3, 0.4) is 0 Å². The van der Waals surface area contributed by atoms with Gasteiger partial charge in [0.15, 0.2) is 5.11 Å². The predicted octanol–water partition coefficient (Wildman–Crippen LogP) is 2.68. The van der Waals surface area contributed by atoms with E-state index in [1.165, 1.54) is 0 Å². The Morgan fingerprint density at radius 2 is 2.00 bits per heavy atom. The summed E-state index contributed by atoms with van der Waals surface area (Å²) in [4.78, 5) is 12.6. The molecule has 1 aromatic carbocycles. The lowest BCUT2D eigenvalue weighted by molar-refractivity contribution is 0.700. The molecule has 1 heterocycles. The van der Waals surface area contributed by atoms with Crippen LogP contribution in [0, 0.1) is 35.5 Å². The Morgan fingerprint density at radius 3 is 2.50 bits per heavy atom. The van der Waals surface area contributed by atoms with Crippen LogP contribution in [0.1, 0.15) is 22.7 Å². The van der Waals surface area contributed by atoms with Gasteiger partial charge in [-0.3, -0.25) is 9.89 Å². The Hall–Kier alpha value is -2.32. The molecule has 3 N–H and O–H groups in total. The average molecular weight is 380 g/mol. The van der Waals surface area contributed by atoms with Gasteiger partial charge in [0, 0.05) is 17.2 Å². The number of aromatic nitrogens is 2. The molecule has 0 bridgehead atoms. The van der Waals surface area contributed by atoms with Crippen LogP contribution in [0.25, 0.3) is 0 Å². The number of aromatic amines is 1. The third-order valence-electron chi connectivity index (χ3n) is 3.58. The molecule has 0 aliphatic rings. The minimum Gasteiger partial charge on any atom is -0.374 e. The van der Waals surface area contributed by atoms with Crippen LogP contribution in [-0.2, 0) is 0 Å². The van der Waals surface area contributed by atoms with Crippen molar-refractivity contribution in [2.75, 3.05) is 0 Å². The van der Waals surface area contributed by atoms with Gasteiger partial charge >= 0.3 is 0 Å². The van der Waals surface area contributed by atoms with Crippen molar-refractivity contribution in [2.45, 2.75) is 12.8 Å². The zero-order valence-electron chi connectivity index (χ0n) is 12.4. The molecule has 2 rings (SSSR count). The Kier molecular flexibility index (Phi) is 5.30. The summed E-state index contributed by atoms with van der Waals surface area (Å²) in [6, 6.07) is 8.64. The van der Waals surface area contributed by atoms with E-state index >= 15 is 0 Å². The molecule has 9 heteroatoms. The number of hydrogen-bond acceptors (Lipinski definition) is 4. The lowest BCUT2D eigenvalue weighted by Gasteiger charge is -2.19. The zero-order valence-corrected chi connectivity index (χ0v) is 14.7. The fraction of sp³-hybridized carbons (Fsp3) is 0.200. The van der Waals surface area contributed by atoms with Crippen molar-refractivity contribution >= 4 is 40.5 Å². The van der Waals surface area contributed by atoms with Gasteiger partial charge in [0.2, 0.25) is 0 Å². The van der Waals surface area contributed by atoms with Crippen LogP contribution in [0.2, 0.25) is 10.0 Å². The van der Waals surface area contributed by atoms with Gasteiger partial charge in [0.1, 0.15) is 5.92 Å². The molecule has 1 atom stereocenters. The number of nitriles is 2. The first-order chi connectivity index (χ1) is 11.3. The van der Waals surface area contributed by atoms with Crippen molar-refractivity contribution in [1.82, 2.24) is 9.78 Å². The molecule has 0 saturated heterocycles. The van der Waals surface area contributed by atoms with E-state index in [9.17, 15) is 15.3 Å². The highest BCUT2D eigenvalue weighted by molar-refractivity contribution is 7.80. The first kappa shape index (κ1) is 18.0.